The van der Waals surface area contributed by atoms with E-state index in [1.807, 2.05) is 13.8 Å². The fourth-order valence-corrected chi connectivity index (χ4v) is 5.10. The monoisotopic (exact) mass is 316 g/mol. The Labute approximate surface area is 126 Å². The van der Waals surface area contributed by atoms with Crippen LogP contribution < -0.4 is 5.73 Å². The Bertz CT molecular complexity index is 595. The Hall–Kier alpha value is -0.780. The van der Waals surface area contributed by atoms with E-state index in [1.165, 1.54) is 6.07 Å². The van der Waals surface area contributed by atoms with E-state index >= 15 is 0 Å². The standard InChI is InChI=1S/C14H21ClN2O2S/c1-3-17(11-6-4-5-7-11)20(18,19)14-9-13(16)10(2)8-12(14)15/h8-9,11H,3-7,16H2,1-2H3. The molecule has 0 unspecified atom stereocenters. The number of nitrogen functional groups attached to an aromatic ring is 1. The fraction of sp³-hybridized carbons (Fsp3) is 0.571. The van der Waals surface area contributed by atoms with Crippen LogP contribution in [-0.2, 0) is 10.0 Å². The van der Waals surface area contributed by atoms with Crippen molar-refractivity contribution in [2.45, 2.75) is 50.5 Å². The molecule has 0 aromatic heterocycles. The van der Waals surface area contributed by atoms with Crippen LogP contribution in [0.5, 0.6) is 0 Å². The number of benzene rings is 1. The van der Waals surface area contributed by atoms with Gasteiger partial charge in [0.15, 0.2) is 0 Å². The first kappa shape index (κ1) is 15.6. The first-order chi connectivity index (χ1) is 9.37. The number of anilines is 1. The molecule has 6 heteroatoms. The topological polar surface area (TPSA) is 63.4 Å². The highest BCUT2D eigenvalue weighted by Crippen LogP contribution is 2.33. The zero-order valence-corrected chi connectivity index (χ0v) is 13.5. The van der Waals surface area contributed by atoms with Gasteiger partial charge in [0.1, 0.15) is 4.90 Å². The highest BCUT2D eigenvalue weighted by atomic mass is 35.5. The molecular weight excluding hydrogens is 296 g/mol. The Morgan fingerprint density at radius 1 is 1.35 bits per heavy atom. The maximum Gasteiger partial charge on any atom is 0.244 e. The van der Waals surface area contributed by atoms with Gasteiger partial charge >= 0.3 is 0 Å². The zero-order valence-electron chi connectivity index (χ0n) is 11.9. The quantitative estimate of drug-likeness (QED) is 0.868. The third-order valence-corrected chi connectivity index (χ3v) is 6.44. The molecule has 0 saturated heterocycles. The summed E-state index contributed by atoms with van der Waals surface area (Å²) in [6.07, 6.45) is 4.01. The number of nitrogens with two attached hydrogens (primary N) is 1. The molecule has 0 amide bonds. The third kappa shape index (κ3) is 2.80. The third-order valence-electron chi connectivity index (χ3n) is 3.95. The Morgan fingerprint density at radius 2 is 1.95 bits per heavy atom. The van der Waals surface area contributed by atoms with Crippen LogP contribution in [0.1, 0.15) is 38.2 Å². The molecule has 20 heavy (non-hydrogen) atoms. The van der Waals surface area contributed by atoms with Gasteiger partial charge in [-0.05, 0) is 37.5 Å². The minimum Gasteiger partial charge on any atom is -0.398 e. The van der Waals surface area contributed by atoms with Crippen molar-refractivity contribution in [2.24, 2.45) is 0 Å². The molecule has 0 atom stereocenters. The molecule has 4 nitrogen and oxygen atoms in total. The lowest BCUT2D eigenvalue weighted by Crippen LogP contribution is -2.38. The van der Waals surface area contributed by atoms with Gasteiger partial charge in [-0.1, -0.05) is 31.4 Å². The molecule has 1 aromatic rings. The lowest BCUT2D eigenvalue weighted by atomic mass is 10.2. The number of hydrogen-bond acceptors (Lipinski definition) is 3. The van der Waals surface area contributed by atoms with Crippen LogP contribution in [0.4, 0.5) is 5.69 Å². The van der Waals surface area contributed by atoms with E-state index in [2.05, 4.69) is 0 Å². The molecule has 0 radical (unpaired) electrons. The Kier molecular flexibility index (Phi) is 4.62. The van der Waals surface area contributed by atoms with Crippen LogP contribution in [0.25, 0.3) is 0 Å². The van der Waals surface area contributed by atoms with Crippen molar-refractivity contribution in [3.05, 3.63) is 22.7 Å². The molecule has 2 rings (SSSR count). The van der Waals surface area contributed by atoms with E-state index in [-0.39, 0.29) is 16.0 Å². The summed E-state index contributed by atoms with van der Waals surface area (Å²) < 4.78 is 27.2. The molecule has 1 aromatic carbocycles. The molecule has 0 spiro atoms. The predicted molar refractivity (Wildman–Crippen MR) is 82.4 cm³/mol. The molecule has 1 aliphatic carbocycles. The lowest BCUT2D eigenvalue weighted by Gasteiger charge is -2.27. The number of nitrogens with zero attached hydrogens (tertiary/aromatic N) is 1. The van der Waals surface area contributed by atoms with Crippen molar-refractivity contribution >= 4 is 27.3 Å². The van der Waals surface area contributed by atoms with Crippen molar-refractivity contribution < 1.29 is 8.42 Å². The molecule has 1 aliphatic rings. The van der Waals surface area contributed by atoms with Crippen molar-refractivity contribution in [2.75, 3.05) is 12.3 Å². The van der Waals surface area contributed by atoms with Gasteiger partial charge in [0.25, 0.3) is 0 Å². The second-order valence-electron chi connectivity index (χ2n) is 5.29. The van der Waals surface area contributed by atoms with Crippen molar-refractivity contribution in [3.8, 4) is 0 Å². The maximum absolute atomic E-state index is 12.8. The predicted octanol–water partition coefficient (Wildman–Crippen LogP) is 3.18. The van der Waals surface area contributed by atoms with Gasteiger partial charge in [0, 0.05) is 18.3 Å². The SMILES string of the molecule is CCN(C1CCCC1)S(=O)(=O)c1cc(N)c(C)cc1Cl. The van der Waals surface area contributed by atoms with Gasteiger partial charge in [-0.2, -0.15) is 4.31 Å². The highest BCUT2D eigenvalue weighted by molar-refractivity contribution is 7.89. The van der Waals surface area contributed by atoms with E-state index in [0.717, 1.165) is 31.2 Å². The average Bonchev–Trinajstić information content (AvgIpc) is 2.87. The molecule has 112 valence electrons. The van der Waals surface area contributed by atoms with Gasteiger partial charge in [0.05, 0.1) is 5.02 Å². The van der Waals surface area contributed by atoms with Crippen molar-refractivity contribution in [1.29, 1.82) is 0 Å². The minimum absolute atomic E-state index is 0.0867. The minimum atomic E-state index is -3.58. The average molecular weight is 317 g/mol. The smallest absolute Gasteiger partial charge is 0.244 e. The van der Waals surface area contributed by atoms with Gasteiger partial charge in [-0.15, -0.1) is 0 Å². The van der Waals surface area contributed by atoms with Gasteiger partial charge in [0.2, 0.25) is 10.0 Å². The van der Waals surface area contributed by atoms with Crippen molar-refractivity contribution in [3.63, 3.8) is 0 Å². The summed E-state index contributed by atoms with van der Waals surface area (Å²) in [6.45, 7) is 4.13. The van der Waals surface area contributed by atoms with Gasteiger partial charge in [-0.25, -0.2) is 8.42 Å². The molecule has 0 aliphatic heterocycles. The van der Waals surface area contributed by atoms with E-state index in [1.54, 1.807) is 10.4 Å². The van der Waals surface area contributed by atoms with Crippen LogP contribution in [0, 0.1) is 6.92 Å². The maximum atomic E-state index is 12.8. The van der Waals surface area contributed by atoms with Crippen molar-refractivity contribution in [1.82, 2.24) is 4.31 Å². The van der Waals surface area contributed by atoms with E-state index < -0.39 is 10.0 Å². The summed E-state index contributed by atoms with van der Waals surface area (Å²) in [5, 5.41) is 0.244. The molecule has 1 saturated carbocycles. The first-order valence-corrected chi connectivity index (χ1v) is 8.77. The van der Waals surface area contributed by atoms with Crippen LogP contribution in [0.2, 0.25) is 5.02 Å². The van der Waals surface area contributed by atoms with Crippen LogP contribution in [0.15, 0.2) is 17.0 Å². The zero-order chi connectivity index (χ0) is 14.9. The Morgan fingerprint density at radius 3 is 2.50 bits per heavy atom. The molecule has 2 N–H and O–H groups in total. The van der Waals surface area contributed by atoms with E-state index in [9.17, 15) is 8.42 Å². The summed E-state index contributed by atoms with van der Waals surface area (Å²) in [7, 11) is -3.58. The highest BCUT2D eigenvalue weighted by Gasteiger charge is 2.33. The molecule has 0 heterocycles. The summed E-state index contributed by atoms with van der Waals surface area (Å²) in [4.78, 5) is 0.121. The number of hydrogen-bond donors (Lipinski definition) is 1. The van der Waals surface area contributed by atoms with Crippen LogP contribution >= 0.6 is 11.6 Å². The lowest BCUT2D eigenvalue weighted by molar-refractivity contribution is 0.335. The molecule has 1 fully saturated rings. The summed E-state index contributed by atoms with van der Waals surface area (Å²) in [5.74, 6) is 0. The largest absolute Gasteiger partial charge is 0.398 e. The van der Waals surface area contributed by atoms with E-state index in [4.69, 9.17) is 17.3 Å². The number of rotatable bonds is 4. The van der Waals surface area contributed by atoms with Gasteiger partial charge in [-0.3, -0.25) is 0 Å². The second kappa shape index (κ2) is 5.92. The summed E-state index contributed by atoms with van der Waals surface area (Å²) in [5.41, 5.74) is 7.08. The summed E-state index contributed by atoms with van der Waals surface area (Å²) >= 11 is 6.13. The second-order valence-corrected chi connectivity index (χ2v) is 7.55. The van der Waals surface area contributed by atoms with Crippen LogP contribution in [0.3, 0.4) is 0 Å². The van der Waals surface area contributed by atoms with E-state index in [0.29, 0.717) is 12.2 Å². The number of aryl methyl sites for hydroxylation is 1. The Balaban J connectivity index is 2.45. The first-order valence-electron chi connectivity index (χ1n) is 6.95. The molecule has 0 bridgehead atoms. The fourth-order valence-electron chi connectivity index (χ4n) is 2.81. The van der Waals surface area contributed by atoms with Gasteiger partial charge < -0.3 is 5.73 Å². The van der Waals surface area contributed by atoms with Crippen LogP contribution in [-0.4, -0.2) is 25.3 Å². The normalized spacial score (nSPS) is 17.0. The number of sulfonamides is 1. The molecular formula is C14H21ClN2O2S. The number of halogens is 1. The summed E-state index contributed by atoms with van der Waals surface area (Å²) in [6, 6.07) is 3.18.